The average Bonchev–Trinajstić information content (AvgIpc) is 3.31. The SMILES string of the molecule is C[C@H](O)CN1CCN(c2ccc(Nc3ncc4ccn(Cc5ccccc5N(C)S(C)(=O)=O)c4n3)cc2)C[C@H]1C. The number of sulfonamides is 1. The Labute approximate surface area is 235 Å². The summed E-state index contributed by atoms with van der Waals surface area (Å²) in [5, 5.41) is 14.0. The molecule has 11 heteroatoms. The van der Waals surface area contributed by atoms with Crippen LogP contribution in [0.15, 0.2) is 67.0 Å². The van der Waals surface area contributed by atoms with Crippen LogP contribution in [0.2, 0.25) is 0 Å². The number of para-hydroxylation sites is 1. The molecule has 1 saturated heterocycles. The van der Waals surface area contributed by atoms with E-state index < -0.39 is 10.0 Å². The zero-order chi connectivity index (χ0) is 28.4. The lowest BCUT2D eigenvalue weighted by Gasteiger charge is -2.41. The fraction of sp³-hybridized carbons (Fsp3) is 0.379. The Hall–Kier alpha value is -3.67. The van der Waals surface area contributed by atoms with Gasteiger partial charge in [-0.2, -0.15) is 4.98 Å². The maximum absolute atomic E-state index is 12.2. The molecule has 212 valence electrons. The highest BCUT2D eigenvalue weighted by molar-refractivity contribution is 7.92. The van der Waals surface area contributed by atoms with Crippen molar-refractivity contribution in [2.24, 2.45) is 0 Å². The monoisotopic (exact) mass is 563 g/mol. The zero-order valence-electron chi connectivity index (χ0n) is 23.4. The van der Waals surface area contributed by atoms with Gasteiger partial charge in [-0.3, -0.25) is 9.21 Å². The molecule has 1 aliphatic heterocycles. The van der Waals surface area contributed by atoms with Crippen LogP contribution in [0.1, 0.15) is 19.4 Å². The van der Waals surface area contributed by atoms with Gasteiger partial charge in [0.05, 0.1) is 24.6 Å². The first kappa shape index (κ1) is 27.9. The molecule has 0 bridgehead atoms. The van der Waals surface area contributed by atoms with Crippen LogP contribution in [0.5, 0.6) is 0 Å². The Balaban J connectivity index is 1.30. The fourth-order valence-corrected chi connectivity index (χ4v) is 5.73. The number of β-amino-alcohol motifs (C(OH)–C–C–N with tert-alkyl or cyclic N) is 1. The highest BCUT2D eigenvalue weighted by Crippen LogP contribution is 2.26. The predicted octanol–water partition coefficient (Wildman–Crippen LogP) is 3.51. The van der Waals surface area contributed by atoms with E-state index in [4.69, 9.17) is 4.98 Å². The molecule has 5 rings (SSSR count). The van der Waals surface area contributed by atoms with Crippen molar-refractivity contribution in [3.63, 3.8) is 0 Å². The van der Waals surface area contributed by atoms with Gasteiger partial charge in [-0.05, 0) is 55.8 Å². The quantitative estimate of drug-likeness (QED) is 0.319. The van der Waals surface area contributed by atoms with E-state index in [2.05, 4.69) is 39.2 Å². The highest BCUT2D eigenvalue weighted by atomic mass is 32.2. The maximum atomic E-state index is 12.2. The second-order valence-corrected chi connectivity index (χ2v) is 12.6. The second kappa shape index (κ2) is 11.4. The molecule has 10 nitrogen and oxygen atoms in total. The van der Waals surface area contributed by atoms with Crippen molar-refractivity contribution in [3.05, 3.63) is 72.6 Å². The van der Waals surface area contributed by atoms with Crippen LogP contribution in [-0.2, 0) is 16.6 Å². The lowest BCUT2D eigenvalue weighted by Crippen LogP contribution is -2.53. The smallest absolute Gasteiger partial charge is 0.232 e. The van der Waals surface area contributed by atoms with Gasteiger partial charge >= 0.3 is 0 Å². The van der Waals surface area contributed by atoms with Crippen LogP contribution in [-0.4, -0.2) is 84.6 Å². The maximum Gasteiger partial charge on any atom is 0.232 e. The number of fused-ring (bicyclic) bond motifs is 1. The fourth-order valence-electron chi connectivity index (χ4n) is 5.20. The molecule has 0 spiro atoms. The van der Waals surface area contributed by atoms with Crippen molar-refractivity contribution in [1.82, 2.24) is 19.4 Å². The van der Waals surface area contributed by atoms with Gasteiger partial charge in [-0.25, -0.2) is 13.4 Å². The standard InChI is InChI=1S/C29H37N7O3S/c1-21-18-35(16-15-34(21)19-22(2)37)26-11-9-25(10-12-26)31-29-30-17-23-13-14-36(28(23)32-29)20-24-7-5-6-8-27(24)33(3)40(4,38)39/h5-14,17,21-22,37H,15-16,18-20H2,1-4H3,(H,30,31,32)/t21-,22+/m1/s1. The molecule has 0 radical (unpaired) electrons. The third kappa shape index (κ3) is 6.22. The normalized spacial score (nSPS) is 17.2. The molecule has 0 unspecified atom stereocenters. The van der Waals surface area contributed by atoms with Gasteiger partial charge in [0.1, 0.15) is 5.65 Å². The number of aromatic nitrogens is 3. The van der Waals surface area contributed by atoms with Gasteiger partial charge in [-0.15, -0.1) is 0 Å². The Kier molecular flexibility index (Phi) is 7.97. The van der Waals surface area contributed by atoms with Crippen LogP contribution >= 0.6 is 0 Å². The lowest BCUT2D eigenvalue weighted by atomic mass is 10.1. The van der Waals surface area contributed by atoms with Crippen molar-refractivity contribution >= 4 is 44.1 Å². The third-order valence-corrected chi connectivity index (χ3v) is 8.62. The molecule has 0 saturated carbocycles. The summed E-state index contributed by atoms with van der Waals surface area (Å²) in [7, 11) is -1.82. The minimum absolute atomic E-state index is 0.318. The van der Waals surface area contributed by atoms with Gasteiger partial charge in [-0.1, -0.05) is 18.2 Å². The molecule has 1 aliphatic rings. The minimum atomic E-state index is -3.39. The summed E-state index contributed by atoms with van der Waals surface area (Å²) in [6.07, 6.45) is 4.61. The molecule has 0 aliphatic carbocycles. The first-order valence-corrected chi connectivity index (χ1v) is 15.3. The van der Waals surface area contributed by atoms with Crippen LogP contribution in [0.25, 0.3) is 11.0 Å². The number of nitrogens with one attached hydrogen (secondary N) is 1. The summed E-state index contributed by atoms with van der Waals surface area (Å²) in [6, 6.07) is 18.1. The number of anilines is 4. The van der Waals surface area contributed by atoms with Gasteiger partial charge in [0.2, 0.25) is 16.0 Å². The van der Waals surface area contributed by atoms with Gasteiger partial charge < -0.3 is 19.9 Å². The lowest BCUT2D eigenvalue weighted by molar-refractivity contribution is 0.0960. The van der Waals surface area contributed by atoms with E-state index in [9.17, 15) is 13.5 Å². The number of benzene rings is 2. The molecule has 2 aromatic carbocycles. The van der Waals surface area contributed by atoms with Gasteiger partial charge in [0.15, 0.2) is 0 Å². The van der Waals surface area contributed by atoms with E-state index in [1.54, 1.807) is 13.2 Å². The molecule has 1 fully saturated rings. The van der Waals surface area contributed by atoms with E-state index in [0.29, 0.717) is 30.8 Å². The Bertz CT molecular complexity index is 1570. The molecule has 2 N–H and O–H groups in total. The summed E-state index contributed by atoms with van der Waals surface area (Å²) in [5.41, 5.74) is 4.32. The summed E-state index contributed by atoms with van der Waals surface area (Å²) < 4.78 is 27.6. The molecule has 2 aromatic heterocycles. The number of hydrogen-bond acceptors (Lipinski definition) is 8. The summed E-state index contributed by atoms with van der Waals surface area (Å²) in [6.45, 7) is 7.97. The summed E-state index contributed by atoms with van der Waals surface area (Å²) in [4.78, 5) is 14.0. The zero-order valence-corrected chi connectivity index (χ0v) is 24.2. The topological polar surface area (TPSA) is 107 Å². The predicted molar refractivity (Wildman–Crippen MR) is 161 cm³/mol. The van der Waals surface area contributed by atoms with E-state index in [1.165, 1.54) is 10.6 Å². The Morgan fingerprint density at radius 1 is 1.12 bits per heavy atom. The number of rotatable bonds is 9. The highest BCUT2D eigenvalue weighted by Gasteiger charge is 2.24. The van der Waals surface area contributed by atoms with Gasteiger partial charge in [0, 0.05) is 68.4 Å². The van der Waals surface area contributed by atoms with Crippen molar-refractivity contribution in [1.29, 1.82) is 0 Å². The van der Waals surface area contributed by atoms with Crippen molar-refractivity contribution in [3.8, 4) is 0 Å². The summed E-state index contributed by atoms with van der Waals surface area (Å²) in [5.74, 6) is 0.488. The second-order valence-electron chi connectivity index (χ2n) is 10.6. The Morgan fingerprint density at radius 3 is 2.58 bits per heavy atom. The van der Waals surface area contributed by atoms with Crippen LogP contribution in [0, 0.1) is 0 Å². The van der Waals surface area contributed by atoms with Crippen LogP contribution in [0.4, 0.5) is 23.0 Å². The molecular formula is C29H37N7O3S. The van der Waals surface area contributed by atoms with Crippen LogP contribution in [0.3, 0.4) is 0 Å². The third-order valence-electron chi connectivity index (χ3n) is 7.42. The first-order valence-electron chi connectivity index (χ1n) is 13.5. The molecule has 40 heavy (non-hydrogen) atoms. The number of piperazine rings is 1. The van der Waals surface area contributed by atoms with Crippen molar-refractivity contribution in [2.45, 2.75) is 32.5 Å². The average molecular weight is 564 g/mol. The number of hydrogen-bond donors (Lipinski definition) is 2. The molecule has 0 amide bonds. The number of nitrogens with zero attached hydrogens (tertiary/aromatic N) is 6. The van der Waals surface area contributed by atoms with Crippen molar-refractivity contribution in [2.75, 3.05) is 54.0 Å². The largest absolute Gasteiger partial charge is 0.392 e. The van der Waals surface area contributed by atoms with E-state index >= 15 is 0 Å². The minimum Gasteiger partial charge on any atom is -0.392 e. The van der Waals surface area contributed by atoms with Crippen molar-refractivity contribution < 1.29 is 13.5 Å². The Morgan fingerprint density at radius 2 is 1.88 bits per heavy atom. The molecular weight excluding hydrogens is 526 g/mol. The van der Waals surface area contributed by atoms with E-state index in [-0.39, 0.29) is 6.10 Å². The summed E-state index contributed by atoms with van der Waals surface area (Å²) >= 11 is 0. The van der Waals surface area contributed by atoms with Gasteiger partial charge in [0.25, 0.3) is 0 Å². The molecule has 4 aromatic rings. The number of aliphatic hydroxyl groups excluding tert-OH is 1. The molecule has 3 heterocycles. The van der Waals surface area contributed by atoms with E-state index in [0.717, 1.165) is 47.6 Å². The van der Waals surface area contributed by atoms with E-state index in [1.807, 2.05) is 60.2 Å². The molecule has 2 atom stereocenters. The van der Waals surface area contributed by atoms with Crippen LogP contribution < -0.4 is 14.5 Å². The number of aliphatic hydroxyl groups is 1. The first-order chi connectivity index (χ1) is 19.1.